The van der Waals surface area contributed by atoms with E-state index >= 15 is 0 Å². The molecule has 0 aliphatic carbocycles. The topological polar surface area (TPSA) is 59.0 Å². The molecule has 0 saturated carbocycles. The third-order valence-corrected chi connectivity index (χ3v) is 2.89. The maximum Gasteiger partial charge on any atom is 0.224 e. The van der Waals surface area contributed by atoms with E-state index in [0.717, 1.165) is 31.6 Å². The molecule has 1 aliphatic heterocycles. The monoisotopic (exact) mass is 222 g/mol. The molecular weight excluding hydrogens is 204 g/mol. The van der Waals surface area contributed by atoms with Gasteiger partial charge in [-0.1, -0.05) is 6.92 Å². The molecule has 1 aromatic heterocycles. The van der Waals surface area contributed by atoms with E-state index in [0.29, 0.717) is 12.5 Å². The van der Waals surface area contributed by atoms with E-state index in [1.165, 1.54) is 0 Å². The summed E-state index contributed by atoms with van der Waals surface area (Å²) >= 11 is 0. The molecule has 1 amide bonds. The van der Waals surface area contributed by atoms with Gasteiger partial charge in [0.25, 0.3) is 0 Å². The number of rotatable bonds is 3. The van der Waals surface area contributed by atoms with Crippen LogP contribution in [0.15, 0.2) is 12.4 Å². The van der Waals surface area contributed by atoms with Crippen LogP contribution in [0.2, 0.25) is 0 Å². The summed E-state index contributed by atoms with van der Waals surface area (Å²) in [7, 11) is 0. The number of nitrogens with one attached hydrogen (secondary N) is 2. The molecule has 1 aliphatic rings. The van der Waals surface area contributed by atoms with Crippen molar-refractivity contribution in [2.24, 2.45) is 0 Å². The van der Waals surface area contributed by atoms with Crippen LogP contribution in [0.5, 0.6) is 0 Å². The van der Waals surface area contributed by atoms with Crippen LogP contribution in [0.3, 0.4) is 0 Å². The van der Waals surface area contributed by atoms with E-state index in [4.69, 9.17) is 0 Å². The fourth-order valence-electron chi connectivity index (χ4n) is 1.92. The number of amides is 1. The molecule has 1 aromatic rings. The molecule has 1 saturated heterocycles. The third kappa shape index (κ3) is 2.61. The van der Waals surface area contributed by atoms with E-state index in [9.17, 15) is 4.79 Å². The maximum atomic E-state index is 11.2. The van der Waals surface area contributed by atoms with Gasteiger partial charge < -0.3 is 10.6 Å². The normalized spacial score (nSPS) is 17.3. The quantitative estimate of drug-likeness (QED) is 0.806. The molecule has 0 unspecified atom stereocenters. The SMILES string of the molecule is CCC(=O)Nc1cnn(C2CCNCC2)c1. The van der Waals surface area contributed by atoms with Gasteiger partial charge in [-0.05, 0) is 25.9 Å². The number of hydrogen-bond donors (Lipinski definition) is 2. The van der Waals surface area contributed by atoms with Crippen LogP contribution < -0.4 is 10.6 Å². The molecule has 1 fully saturated rings. The lowest BCUT2D eigenvalue weighted by molar-refractivity contribution is -0.115. The van der Waals surface area contributed by atoms with Crippen LogP contribution in [0.4, 0.5) is 5.69 Å². The molecule has 0 bridgehead atoms. The molecule has 2 heterocycles. The summed E-state index contributed by atoms with van der Waals surface area (Å²) < 4.78 is 1.96. The van der Waals surface area contributed by atoms with Crippen molar-refractivity contribution < 1.29 is 4.79 Å². The highest BCUT2D eigenvalue weighted by Gasteiger charge is 2.15. The van der Waals surface area contributed by atoms with Crippen LogP contribution in [0.1, 0.15) is 32.2 Å². The fraction of sp³-hybridized carbons (Fsp3) is 0.636. The molecule has 0 spiro atoms. The Morgan fingerprint density at radius 3 is 3.06 bits per heavy atom. The van der Waals surface area contributed by atoms with E-state index < -0.39 is 0 Å². The minimum atomic E-state index is 0.0323. The lowest BCUT2D eigenvalue weighted by atomic mass is 10.1. The standard InChI is InChI=1S/C11H18N4O/c1-2-11(16)14-9-7-13-15(8-9)10-3-5-12-6-4-10/h7-8,10,12H,2-6H2,1H3,(H,14,16). The molecule has 2 N–H and O–H groups in total. The Balaban J connectivity index is 1.98. The zero-order valence-electron chi connectivity index (χ0n) is 9.57. The van der Waals surface area contributed by atoms with Gasteiger partial charge in [0.2, 0.25) is 5.91 Å². The summed E-state index contributed by atoms with van der Waals surface area (Å²) in [4.78, 5) is 11.2. The first kappa shape index (κ1) is 11.1. The Bertz CT molecular complexity index is 355. The van der Waals surface area contributed by atoms with Crippen LogP contribution >= 0.6 is 0 Å². The van der Waals surface area contributed by atoms with Gasteiger partial charge >= 0.3 is 0 Å². The average Bonchev–Trinajstić information content (AvgIpc) is 2.78. The van der Waals surface area contributed by atoms with Gasteiger partial charge in [0.15, 0.2) is 0 Å². The van der Waals surface area contributed by atoms with E-state index in [-0.39, 0.29) is 5.91 Å². The lowest BCUT2D eigenvalue weighted by Crippen LogP contribution is -2.29. The smallest absolute Gasteiger partial charge is 0.224 e. The Morgan fingerprint density at radius 2 is 2.38 bits per heavy atom. The molecule has 0 radical (unpaired) electrons. The van der Waals surface area contributed by atoms with Crippen molar-refractivity contribution in [3.05, 3.63) is 12.4 Å². The minimum absolute atomic E-state index is 0.0323. The highest BCUT2D eigenvalue weighted by Crippen LogP contribution is 2.19. The van der Waals surface area contributed by atoms with Crippen LogP contribution in [0, 0.1) is 0 Å². The molecule has 5 nitrogen and oxygen atoms in total. The first-order valence-corrected chi connectivity index (χ1v) is 5.84. The van der Waals surface area contributed by atoms with Crippen LogP contribution in [-0.4, -0.2) is 28.8 Å². The minimum Gasteiger partial charge on any atom is -0.323 e. The molecule has 0 atom stereocenters. The Kier molecular flexibility index (Phi) is 3.56. The van der Waals surface area contributed by atoms with E-state index in [2.05, 4.69) is 15.7 Å². The second kappa shape index (κ2) is 5.12. The number of piperidine rings is 1. The predicted molar refractivity (Wildman–Crippen MR) is 62.3 cm³/mol. The number of aromatic nitrogens is 2. The fourth-order valence-corrected chi connectivity index (χ4v) is 1.92. The molecular formula is C11H18N4O. The molecule has 88 valence electrons. The number of carbonyl (C=O) groups is 1. The number of carbonyl (C=O) groups excluding carboxylic acids is 1. The first-order valence-electron chi connectivity index (χ1n) is 5.84. The van der Waals surface area contributed by atoms with Crippen molar-refractivity contribution in [1.29, 1.82) is 0 Å². The number of hydrogen-bond acceptors (Lipinski definition) is 3. The van der Waals surface area contributed by atoms with E-state index in [1.54, 1.807) is 6.20 Å². The summed E-state index contributed by atoms with van der Waals surface area (Å²) in [6, 6.07) is 0.466. The van der Waals surface area contributed by atoms with Gasteiger partial charge in [-0.25, -0.2) is 0 Å². The second-order valence-corrected chi connectivity index (χ2v) is 4.09. The van der Waals surface area contributed by atoms with Gasteiger partial charge in [0.1, 0.15) is 0 Å². The van der Waals surface area contributed by atoms with Gasteiger partial charge in [0, 0.05) is 12.6 Å². The van der Waals surface area contributed by atoms with Crippen molar-refractivity contribution in [3.63, 3.8) is 0 Å². The third-order valence-electron chi connectivity index (χ3n) is 2.89. The Hall–Kier alpha value is -1.36. The molecule has 5 heteroatoms. The second-order valence-electron chi connectivity index (χ2n) is 4.09. The van der Waals surface area contributed by atoms with Gasteiger partial charge in [-0.15, -0.1) is 0 Å². The highest BCUT2D eigenvalue weighted by atomic mass is 16.1. The Morgan fingerprint density at radius 1 is 1.62 bits per heavy atom. The summed E-state index contributed by atoms with van der Waals surface area (Å²) in [5.41, 5.74) is 0.797. The van der Waals surface area contributed by atoms with E-state index in [1.807, 2.05) is 17.8 Å². The van der Waals surface area contributed by atoms with Crippen molar-refractivity contribution in [2.45, 2.75) is 32.2 Å². The summed E-state index contributed by atoms with van der Waals surface area (Å²) in [6.45, 7) is 3.93. The largest absolute Gasteiger partial charge is 0.323 e. The summed E-state index contributed by atoms with van der Waals surface area (Å²) in [5, 5.41) is 10.4. The predicted octanol–water partition coefficient (Wildman–Crippen LogP) is 1.16. The Labute approximate surface area is 95.2 Å². The lowest BCUT2D eigenvalue weighted by Gasteiger charge is -2.22. The van der Waals surface area contributed by atoms with Crippen molar-refractivity contribution in [3.8, 4) is 0 Å². The molecule has 0 aromatic carbocycles. The number of anilines is 1. The van der Waals surface area contributed by atoms with Crippen molar-refractivity contribution >= 4 is 11.6 Å². The molecule has 2 rings (SSSR count). The van der Waals surface area contributed by atoms with Gasteiger partial charge in [-0.3, -0.25) is 9.48 Å². The van der Waals surface area contributed by atoms with Crippen molar-refractivity contribution in [1.82, 2.24) is 15.1 Å². The zero-order valence-corrected chi connectivity index (χ0v) is 9.57. The summed E-state index contributed by atoms with van der Waals surface area (Å²) in [5.74, 6) is 0.0323. The van der Waals surface area contributed by atoms with Crippen LogP contribution in [0.25, 0.3) is 0 Å². The number of nitrogens with zero attached hydrogens (tertiary/aromatic N) is 2. The first-order chi connectivity index (χ1) is 7.79. The zero-order chi connectivity index (χ0) is 11.4. The van der Waals surface area contributed by atoms with Gasteiger partial charge in [0.05, 0.1) is 17.9 Å². The highest BCUT2D eigenvalue weighted by molar-refractivity contribution is 5.90. The van der Waals surface area contributed by atoms with Crippen molar-refractivity contribution in [2.75, 3.05) is 18.4 Å². The average molecular weight is 222 g/mol. The van der Waals surface area contributed by atoms with Gasteiger partial charge in [-0.2, -0.15) is 5.10 Å². The maximum absolute atomic E-state index is 11.2. The summed E-state index contributed by atoms with van der Waals surface area (Å²) in [6.07, 6.45) is 6.34. The van der Waals surface area contributed by atoms with Crippen LogP contribution in [-0.2, 0) is 4.79 Å². The molecule has 16 heavy (non-hydrogen) atoms.